The standard InChI is InChI=1S/C24H21ClF3N7O2/c1-34-17-5-4-13(10-14(17)19-20(22(34)36)37-9-7-16(31-19)12-2-3-12)30-21-15(25)11-29-23(32-21)35-8-6-18(33-35)24(26,27)28/h4-6,8,10-12,16,31H,2-3,7,9H2,1H3,(H,29,30,32). The lowest BCUT2D eigenvalue weighted by atomic mass is 10.1. The molecule has 1 fully saturated rings. The minimum atomic E-state index is -4.59. The Morgan fingerprint density at radius 1 is 1.22 bits per heavy atom. The molecule has 192 valence electrons. The van der Waals surface area contributed by atoms with Crippen molar-refractivity contribution in [2.75, 3.05) is 17.2 Å². The van der Waals surface area contributed by atoms with Crippen LogP contribution in [0.1, 0.15) is 25.0 Å². The first kappa shape index (κ1) is 23.6. The van der Waals surface area contributed by atoms with E-state index in [9.17, 15) is 18.0 Å². The van der Waals surface area contributed by atoms with E-state index in [0.717, 1.165) is 41.6 Å². The second-order valence-corrected chi connectivity index (χ2v) is 9.57. The monoisotopic (exact) mass is 531 g/mol. The lowest BCUT2D eigenvalue weighted by Gasteiger charge is -2.19. The normalized spacial score (nSPS) is 17.6. The van der Waals surface area contributed by atoms with E-state index in [-0.39, 0.29) is 34.1 Å². The smallest absolute Gasteiger partial charge is 0.435 e. The van der Waals surface area contributed by atoms with Crippen molar-refractivity contribution in [1.82, 2.24) is 24.3 Å². The summed E-state index contributed by atoms with van der Waals surface area (Å²) in [6.45, 7) is 0.461. The predicted octanol–water partition coefficient (Wildman–Crippen LogP) is 4.90. The van der Waals surface area contributed by atoms with Crippen molar-refractivity contribution in [2.45, 2.75) is 31.5 Å². The van der Waals surface area contributed by atoms with Crippen LogP contribution in [0.15, 0.2) is 41.5 Å². The summed E-state index contributed by atoms with van der Waals surface area (Å²) < 4.78 is 47.3. The van der Waals surface area contributed by atoms with Crippen molar-refractivity contribution in [3.05, 3.63) is 57.7 Å². The Labute approximate surface area is 213 Å². The molecule has 1 aliphatic carbocycles. The molecule has 4 heterocycles. The molecule has 4 aromatic rings. The van der Waals surface area contributed by atoms with Crippen LogP contribution in [0.25, 0.3) is 16.9 Å². The molecule has 2 aliphatic rings. The van der Waals surface area contributed by atoms with Crippen molar-refractivity contribution in [3.8, 4) is 11.7 Å². The van der Waals surface area contributed by atoms with Gasteiger partial charge in [0.15, 0.2) is 11.5 Å². The molecule has 1 aromatic carbocycles. The van der Waals surface area contributed by atoms with Crippen LogP contribution < -0.4 is 20.9 Å². The number of nitrogens with zero attached hydrogens (tertiary/aromatic N) is 5. The van der Waals surface area contributed by atoms with Crippen LogP contribution >= 0.6 is 11.6 Å². The highest BCUT2D eigenvalue weighted by Crippen LogP contribution is 2.41. The van der Waals surface area contributed by atoms with Crippen LogP contribution in [-0.2, 0) is 13.2 Å². The number of hydrogen-bond donors (Lipinski definition) is 2. The Bertz CT molecular complexity index is 1580. The molecule has 37 heavy (non-hydrogen) atoms. The summed E-state index contributed by atoms with van der Waals surface area (Å²) in [4.78, 5) is 21.3. The number of fused-ring (bicyclic) bond motifs is 3. The van der Waals surface area contributed by atoms with Gasteiger partial charge in [0.2, 0.25) is 5.75 Å². The van der Waals surface area contributed by atoms with E-state index in [2.05, 4.69) is 25.7 Å². The average molecular weight is 532 g/mol. The number of hydrogen-bond acceptors (Lipinski definition) is 7. The summed E-state index contributed by atoms with van der Waals surface area (Å²) in [5.41, 5.74) is 0.702. The summed E-state index contributed by atoms with van der Waals surface area (Å²) in [5, 5.41) is 11.1. The molecule has 0 saturated heterocycles. The number of alkyl halides is 3. The molecular weight excluding hydrogens is 511 g/mol. The minimum absolute atomic E-state index is 0.0817. The van der Waals surface area contributed by atoms with Crippen molar-refractivity contribution >= 4 is 39.7 Å². The van der Waals surface area contributed by atoms with Gasteiger partial charge in [-0.05, 0) is 43.0 Å². The Balaban J connectivity index is 1.38. The van der Waals surface area contributed by atoms with Gasteiger partial charge < -0.3 is 19.9 Å². The fourth-order valence-electron chi connectivity index (χ4n) is 4.55. The van der Waals surface area contributed by atoms with Crippen molar-refractivity contribution in [1.29, 1.82) is 0 Å². The van der Waals surface area contributed by atoms with Gasteiger partial charge in [-0.1, -0.05) is 11.6 Å². The van der Waals surface area contributed by atoms with Gasteiger partial charge in [-0.25, -0.2) is 9.67 Å². The summed E-state index contributed by atoms with van der Waals surface area (Å²) in [6, 6.07) is 6.49. The zero-order valence-corrected chi connectivity index (χ0v) is 20.3. The number of rotatable bonds is 4. The Morgan fingerprint density at radius 2 is 2.03 bits per heavy atom. The third kappa shape index (κ3) is 4.35. The van der Waals surface area contributed by atoms with E-state index in [1.165, 1.54) is 6.20 Å². The molecule has 1 saturated carbocycles. The fourth-order valence-corrected chi connectivity index (χ4v) is 4.69. The second kappa shape index (κ2) is 8.65. The summed E-state index contributed by atoms with van der Waals surface area (Å²) in [6.07, 6.45) is 0.940. The van der Waals surface area contributed by atoms with Crippen LogP contribution in [0.2, 0.25) is 5.02 Å². The van der Waals surface area contributed by atoms with Gasteiger partial charge in [0.05, 0.1) is 24.0 Å². The van der Waals surface area contributed by atoms with E-state index < -0.39 is 11.9 Å². The zero-order valence-electron chi connectivity index (χ0n) is 19.5. The number of aryl methyl sites for hydroxylation is 1. The molecule has 1 unspecified atom stereocenters. The highest BCUT2D eigenvalue weighted by atomic mass is 35.5. The SMILES string of the molecule is Cn1c(=O)c2c(c3cc(Nc4nc(-n5ccc(C(F)(F)F)n5)ncc4Cl)ccc31)NC(C1CC1)CCO2. The van der Waals surface area contributed by atoms with Gasteiger partial charge in [-0.3, -0.25) is 4.79 Å². The number of benzene rings is 1. The van der Waals surface area contributed by atoms with Crippen molar-refractivity contribution in [2.24, 2.45) is 13.0 Å². The third-order valence-electron chi connectivity index (χ3n) is 6.63. The van der Waals surface area contributed by atoms with Crippen LogP contribution in [0.3, 0.4) is 0 Å². The first-order valence-electron chi connectivity index (χ1n) is 11.7. The lowest BCUT2D eigenvalue weighted by molar-refractivity contribution is -0.141. The van der Waals surface area contributed by atoms with E-state index in [0.29, 0.717) is 29.4 Å². The molecule has 1 aliphatic heterocycles. The number of pyridine rings is 1. The fraction of sp³-hybridized carbons (Fsp3) is 0.333. The minimum Gasteiger partial charge on any atom is -0.486 e. The molecule has 13 heteroatoms. The maximum atomic E-state index is 13.0. The van der Waals surface area contributed by atoms with Gasteiger partial charge in [0.1, 0.15) is 5.02 Å². The van der Waals surface area contributed by atoms with E-state index in [1.54, 1.807) is 23.7 Å². The molecular formula is C24H21ClF3N7O2. The third-order valence-corrected chi connectivity index (χ3v) is 6.90. The number of halogens is 4. The van der Waals surface area contributed by atoms with Gasteiger partial charge in [-0.2, -0.15) is 23.3 Å². The molecule has 6 rings (SSSR count). The van der Waals surface area contributed by atoms with Crippen LogP contribution in [0.5, 0.6) is 5.75 Å². The number of aromatic nitrogens is 5. The quantitative estimate of drug-likeness (QED) is 0.386. The maximum Gasteiger partial charge on any atom is 0.435 e. The Morgan fingerprint density at radius 3 is 2.76 bits per heavy atom. The molecule has 1 atom stereocenters. The number of ether oxygens (including phenoxy) is 1. The van der Waals surface area contributed by atoms with E-state index in [4.69, 9.17) is 16.3 Å². The lowest BCUT2D eigenvalue weighted by Crippen LogP contribution is -2.23. The van der Waals surface area contributed by atoms with Crippen molar-refractivity contribution in [3.63, 3.8) is 0 Å². The van der Waals surface area contributed by atoms with E-state index in [1.807, 2.05) is 6.07 Å². The van der Waals surface area contributed by atoms with Crippen LogP contribution in [0.4, 0.5) is 30.4 Å². The Hall–Kier alpha value is -3.80. The first-order chi connectivity index (χ1) is 17.7. The summed E-state index contributed by atoms with van der Waals surface area (Å²) in [7, 11) is 1.69. The van der Waals surface area contributed by atoms with Gasteiger partial charge >= 0.3 is 6.18 Å². The summed E-state index contributed by atoms with van der Waals surface area (Å²) >= 11 is 6.30. The topological polar surface area (TPSA) is 98.9 Å². The number of anilines is 3. The molecule has 0 spiro atoms. The first-order valence-corrected chi connectivity index (χ1v) is 12.1. The molecule has 2 N–H and O–H groups in total. The van der Waals surface area contributed by atoms with Crippen molar-refractivity contribution < 1.29 is 17.9 Å². The van der Waals surface area contributed by atoms with Crippen LogP contribution in [0, 0.1) is 5.92 Å². The zero-order chi connectivity index (χ0) is 25.9. The highest BCUT2D eigenvalue weighted by Gasteiger charge is 2.35. The maximum absolute atomic E-state index is 13.0. The predicted molar refractivity (Wildman–Crippen MR) is 132 cm³/mol. The molecule has 0 bridgehead atoms. The molecule has 0 radical (unpaired) electrons. The van der Waals surface area contributed by atoms with Gasteiger partial charge in [-0.15, -0.1) is 0 Å². The van der Waals surface area contributed by atoms with Crippen LogP contribution in [-0.4, -0.2) is 37.0 Å². The summed E-state index contributed by atoms with van der Waals surface area (Å²) in [5.74, 6) is 0.957. The second-order valence-electron chi connectivity index (χ2n) is 9.16. The van der Waals surface area contributed by atoms with Gasteiger partial charge in [0.25, 0.3) is 11.5 Å². The molecule has 0 amide bonds. The number of nitrogens with one attached hydrogen (secondary N) is 2. The Kier molecular flexibility index (Phi) is 5.51. The molecule has 9 nitrogen and oxygen atoms in total. The van der Waals surface area contributed by atoms with E-state index >= 15 is 0 Å². The highest BCUT2D eigenvalue weighted by molar-refractivity contribution is 6.32. The largest absolute Gasteiger partial charge is 0.486 e. The average Bonchev–Trinajstić information content (AvgIpc) is 3.62. The van der Waals surface area contributed by atoms with Gasteiger partial charge in [0, 0.05) is 36.8 Å². The molecule has 3 aromatic heterocycles.